The van der Waals surface area contributed by atoms with Crippen LogP contribution in [0.25, 0.3) is 0 Å². The molecule has 1 fully saturated rings. The average molecular weight is 344 g/mol. The Labute approximate surface area is 140 Å². The van der Waals surface area contributed by atoms with Gasteiger partial charge in [0.2, 0.25) is 0 Å². The van der Waals surface area contributed by atoms with Gasteiger partial charge >= 0.3 is 12.1 Å². The zero-order chi connectivity index (χ0) is 17.7. The molecular weight excluding hydrogens is 321 g/mol. The average Bonchev–Trinajstić information content (AvgIpc) is 2.56. The Balaban J connectivity index is 2.01. The second-order valence-corrected chi connectivity index (χ2v) is 5.75. The Morgan fingerprint density at radius 1 is 1.21 bits per heavy atom. The lowest BCUT2D eigenvalue weighted by molar-refractivity contribution is -0.149. The fraction of sp³-hybridized carbons (Fsp3) is 0.588. The summed E-state index contributed by atoms with van der Waals surface area (Å²) in [5.41, 5.74) is -0.0750. The van der Waals surface area contributed by atoms with Crippen molar-refractivity contribution in [1.82, 2.24) is 4.90 Å². The van der Waals surface area contributed by atoms with E-state index in [1.54, 1.807) is 13.0 Å². The molecule has 1 saturated heterocycles. The Hall–Kier alpha value is -1.76. The molecule has 0 aliphatic carbocycles. The molecule has 0 saturated carbocycles. The number of hydrogen-bond acceptors (Lipinski definition) is 4. The number of halogens is 3. The number of piperazine rings is 1. The van der Waals surface area contributed by atoms with Gasteiger partial charge < -0.3 is 9.64 Å². The number of benzene rings is 1. The molecule has 2 rings (SSSR count). The quantitative estimate of drug-likeness (QED) is 0.768. The number of alkyl halides is 3. The Morgan fingerprint density at radius 2 is 1.88 bits per heavy atom. The number of carbonyl (C=O) groups is 1. The summed E-state index contributed by atoms with van der Waals surface area (Å²) in [5.74, 6) is -0.229. The number of hydrogen-bond donors (Lipinski definition) is 0. The van der Waals surface area contributed by atoms with Gasteiger partial charge in [0.25, 0.3) is 0 Å². The maximum absolute atomic E-state index is 12.8. The van der Waals surface area contributed by atoms with Gasteiger partial charge in [0.1, 0.15) is 6.04 Å². The summed E-state index contributed by atoms with van der Waals surface area (Å²) in [6.07, 6.45) is -3.68. The lowest BCUT2D eigenvalue weighted by Crippen LogP contribution is -2.53. The predicted octanol–water partition coefficient (Wildman–Crippen LogP) is 3.17. The SMILES string of the molecule is CCOC(=O)C(CC)N1CCN(c2cccc(C(F)(F)F)c2)CC1. The Morgan fingerprint density at radius 3 is 2.42 bits per heavy atom. The first-order chi connectivity index (χ1) is 11.4. The number of esters is 1. The van der Waals surface area contributed by atoms with Crippen LogP contribution < -0.4 is 4.90 Å². The molecule has 1 unspecified atom stereocenters. The van der Waals surface area contributed by atoms with E-state index < -0.39 is 11.7 Å². The van der Waals surface area contributed by atoms with Gasteiger partial charge in [0, 0.05) is 31.9 Å². The highest BCUT2D eigenvalue weighted by molar-refractivity contribution is 5.75. The summed E-state index contributed by atoms with van der Waals surface area (Å²) in [4.78, 5) is 15.9. The van der Waals surface area contributed by atoms with Gasteiger partial charge in [-0.25, -0.2) is 0 Å². The topological polar surface area (TPSA) is 32.8 Å². The van der Waals surface area contributed by atoms with E-state index in [0.29, 0.717) is 44.9 Å². The highest BCUT2D eigenvalue weighted by Gasteiger charge is 2.32. The molecule has 1 atom stereocenters. The molecule has 0 radical (unpaired) electrons. The van der Waals surface area contributed by atoms with Crippen LogP contribution in [0.2, 0.25) is 0 Å². The van der Waals surface area contributed by atoms with Crippen molar-refractivity contribution >= 4 is 11.7 Å². The Bertz CT molecular complexity index is 555. The van der Waals surface area contributed by atoms with Crippen LogP contribution in [0, 0.1) is 0 Å². The summed E-state index contributed by atoms with van der Waals surface area (Å²) in [5, 5.41) is 0. The molecule has 1 aromatic rings. The molecule has 134 valence electrons. The van der Waals surface area contributed by atoms with Crippen molar-refractivity contribution in [3.8, 4) is 0 Å². The van der Waals surface area contributed by atoms with E-state index >= 15 is 0 Å². The molecular formula is C17H23F3N2O2. The zero-order valence-corrected chi connectivity index (χ0v) is 14.0. The molecule has 4 nitrogen and oxygen atoms in total. The van der Waals surface area contributed by atoms with Gasteiger partial charge in [-0.05, 0) is 31.5 Å². The van der Waals surface area contributed by atoms with E-state index in [1.807, 2.05) is 16.7 Å². The number of carbonyl (C=O) groups excluding carboxylic acids is 1. The minimum absolute atomic E-state index is 0.229. The monoisotopic (exact) mass is 344 g/mol. The van der Waals surface area contributed by atoms with Crippen molar-refractivity contribution in [3.05, 3.63) is 29.8 Å². The van der Waals surface area contributed by atoms with E-state index in [0.717, 1.165) is 6.07 Å². The lowest BCUT2D eigenvalue weighted by atomic mass is 10.1. The van der Waals surface area contributed by atoms with E-state index in [1.165, 1.54) is 12.1 Å². The minimum Gasteiger partial charge on any atom is -0.465 e. The van der Waals surface area contributed by atoms with Crippen molar-refractivity contribution < 1.29 is 22.7 Å². The van der Waals surface area contributed by atoms with Crippen LogP contribution in [0.3, 0.4) is 0 Å². The maximum atomic E-state index is 12.8. The number of nitrogens with zero attached hydrogens (tertiary/aromatic N) is 2. The van der Waals surface area contributed by atoms with Crippen molar-refractivity contribution in [2.45, 2.75) is 32.5 Å². The fourth-order valence-corrected chi connectivity index (χ4v) is 2.98. The first-order valence-corrected chi connectivity index (χ1v) is 8.19. The van der Waals surface area contributed by atoms with Crippen molar-refractivity contribution in [3.63, 3.8) is 0 Å². The molecule has 0 amide bonds. The summed E-state index contributed by atoms with van der Waals surface area (Å²) < 4.78 is 43.6. The van der Waals surface area contributed by atoms with E-state index in [4.69, 9.17) is 4.74 Å². The second kappa shape index (κ2) is 7.88. The van der Waals surface area contributed by atoms with Crippen LogP contribution in [0.1, 0.15) is 25.8 Å². The number of anilines is 1. The predicted molar refractivity (Wildman–Crippen MR) is 85.9 cm³/mol. The molecule has 1 aliphatic rings. The number of rotatable bonds is 5. The molecule has 24 heavy (non-hydrogen) atoms. The first-order valence-electron chi connectivity index (χ1n) is 8.19. The van der Waals surface area contributed by atoms with E-state index in [-0.39, 0.29) is 12.0 Å². The normalized spacial score (nSPS) is 17.6. The maximum Gasteiger partial charge on any atom is 0.416 e. The van der Waals surface area contributed by atoms with E-state index in [9.17, 15) is 18.0 Å². The summed E-state index contributed by atoms with van der Waals surface area (Å²) in [6, 6.07) is 5.09. The summed E-state index contributed by atoms with van der Waals surface area (Å²) >= 11 is 0. The smallest absolute Gasteiger partial charge is 0.416 e. The highest BCUT2D eigenvalue weighted by atomic mass is 19.4. The van der Waals surface area contributed by atoms with E-state index in [2.05, 4.69) is 0 Å². The molecule has 0 spiro atoms. The van der Waals surface area contributed by atoms with Gasteiger partial charge in [-0.2, -0.15) is 13.2 Å². The largest absolute Gasteiger partial charge is 0.465 e. The molecule has 1 aliphatic heterocycles. The van der Waals surface area contributed by atoms with Crippen LogP contribution in [0.5, 0.6) is 0 Å². The van der Waals surface area contributed by atoms with Crippen molar-refractivity contribution in [1.29, 1.82) is 0 Å². The molecule has 1 aromatic carbocycles. The third-order valence-electron chi connectivity index (χ3n) is 4.24. The summed E-state index contributed by atoms with van der Waals surface area (Å²) in [6.45, 7) is 6.45. The van der Waals surface area contributed by atoms with Crippen LogP contribution in [0.4, 0.5) is 18.9 Å². The fourth-order valence-electron chi connectivity index (χ4n) is 2.98. The first kappa shape index (κ1) is 18.6. The molecule has 1 heterocycles. The van der Waals surface area contributed by atoms with Crippen LogP contribution in [0.15, 0.2) is 24.3 Å². The van der Waals surface area contributed by atoms with Crippen LogP contribution in [-0.2, 0) is 15.7 Å². The molecule has 0 N–H and O–H groups in total. The highest BCUT2D eigenvalue weighted by Crippen LogP contribution is 2.32. The van der Waals surface area contributed by atoms with Gasteiger partial charge in [-0.3, -0.25) is 9.69 Å². The van der Waals surface area contributed by atoms with Crippen molar-refractivity contribution in [2.75, 3.05) is 37.7 Å². The standard InChI is InChI=1S/C17H23F3N2O2/c1-3-15(16(23)24-4-2)22-10-8-21(9-11-22)14-7-5-6-13(12-14)17(18,19)20/h5-7,12,15H,3-4,8-11H2,1-2H3. The Kier molecular flexibility index (Phi) is 6.10. The summed E-state index contributed by atoms with van der Waals surface area (Å²) in [7, 11) is 0. The molecule has 0 bridgehead atoms. The van der Waals surface area contributed by atoms with Gasteiger partial charge in [0.05, 0.1) is 12.2 Å². The van der Waals surface area contributed by atoms with Gasteiger partial charge in [-0.15, -0.1) is 0 Å². The van der Waals surface area contributed by atoms with Crippen molar-refractivity contribution in [2.24, 2.45) is 0 Å². The van der Waals surface area contributed by atoms with Gasteiger partial charge in [-0.1, -0.05) is 13.0 Å². The third kappa shape index (κ3) is 4.41. The zero-order valence-electron chi connectivity index (χ0n) is 14.0. The second-order valence-electron chi connectivity index (χ2n) is 5.75. The van der Waals surface area contributed by atoms with Crippen LogP contribution in [-0.4, -0.2) is 49.7 Å². The third-order valence-corrected chi connectivity index (χ3v) is 4.24. The van der Waals surface area contributed by atoms with Gasteiger partial charge in [0.15, 0.2) is 0 Å². The molecule has 0 aromatic heterocycles. The number of ether oxygens (including phenoxy) is 1. The molecule has 7 heteroatoms. The van der Waals surface area contributed by atoms with Crippen LogP contribution >= 0.6 is 0 Å². The minimum atomic E-state index is -4.34. The lowest BCUT2D eigenvalue weighted by Gasteiger charge is -2.39.